The van der Waals surface area contributed by atoms with Crippen molar-refractivity contribution in [3.05, 3.63) is 56.7 Å². The van der Waals surface area contributed by atoms with Crippen LogP contribution in [0.3, 0.4) is 0 Å². The number of halogens is 1. The molecule has 0 atom stereocenters. The number of nitrogens with zero attached hydrogens (tertiary/aromatic N) is 1. The van der Waals surface area contributed by atoms with E-state index in [4.69, 9.17) is 0 Å². The third-order valence-corrected chi connectivity index (χ3v) is 3.60. The van der Waals surface area contributed by atoms with Gasteiger partial charge in [0.1, 0.15) is 0 Å². The van der Waals surface area contributed by atoms with Gasteiger partial charge >= 0.3 is 0 Å². The van der Waals surface area contributed by atoms with E-state index in [-0.39, 0.29) is 0 Å². The Morgan fingerprint density at radius 2 is 2.00 bits per heavy atom. The molecule has 0 aliphatic rings. The van der Waals surface area contributed by atoms with Crippen molar-refractivity contribution in [3.63, 3.8) is 0 Å². The molecular weight excluding hydrogens is 282 g/mol. The first-order valence-electron chi connectivity index (χ1n) is 5.18. The number of hydrogen-bond donors (Lipinski definition) is 0. The first-order chi connectivity index (χ1) is 7.74. The Balaban J connectivity index is 1.94. The van der Waals surface area contributed by atoms with E-state index in [1.54, 1.807) is 11.3 Å². The maximum atomic E-state index is 3.50. The van der Waals surface area contributed by atoms with Crippen LogP contribution in [0.15, 0.2) is 45.6 Å². The Bertz CT molecular complexity index is 439. The monoisotopic (exact) mass is 295 g/mol. The van der Waals surface area contributed by atoms with Crippen molar-refractivity contribution >= 4 is 27.3 Å². The predicted molar refractivity (Wildman–Crippen MR) is 73.6 cm³/mol. The fraction of sp³-hybridized carbons (Fsp3) is 0.231. The van der Waals surface area contributed by atoms with Crippen LogP contribution in [0.1, 0.15) is 11.1 Å². The minimum atomic E-state index is 0.981. The fourth-order valence-electron chi connectivity index (χ4n) is 1.70. The van der Waals surface area contributed by atoms with Crippen molar-refractivity contribution in [2.45, 2.75) is 13.1 Å². The summed E-state index contributed by atoms with van der Waals surface area (Å²) in [6, 6.07) is 10.7. The molecule has 84 valence electrons. The summed E-state index contributed by atoms with van der Waals surface area (Å²) < 4.78 is 1.15. The van der Waals surface area contributed by atoms with Gasteiger partial charge in [0, 0.05) is 17.6 Å². The van der Waals surface area contributed by atoms with Crippen molar-refractivity contribution in [1.29, 1.82) is 0 Å². The van der Waals surface area contributed by atoms with Crippen LogP contribution in [0.5, 0.6) is 0 Å². The molecule has 0 saturated carbocycles. The molecule has 0 spiro atoms. The lowest BCUT2D eigenvalue weighted by Gasteiger charge is -2.16. The highest BCUT2D eigenvalue weighted by Crippen LogP contribution is 2.14. The van der Waals surface area contributed by atoms with Crippen molar-refractivity contribution in [2.24, 2.45) is 0 Å². The summed E-state index contributed by atoms with van der Waals surface area (Å²) in [5.41, 5.74) is 2.73. The van der Waals surface area contributed by atoms with Crippen LogP contribution in [0, 0.1) is 0 Å². The standard InChI is InChI=1S/C13H14BrNS/c1-15(9-12-5-6-16-10-12)8-11-3-2-4-13(14)7-11/h2-7,10H,8-9H2,1H3. The average molecular weight is 296 g/mol. The highest BCUT2D eigenvalue weighted by Gasteiger charge is 2.02. The van der Waals surface area contributed by atoms with Crippen molar-refractivity contribution in [2.75, 3.05) is 7.05 Å². The molecule has 1 nitrogen and oxygen atoms in total. The summed E-state index contributed by atoms with van der Waals surface area (Å²) in [6.45, 7) is 1.99. The maximum Gasteiger partial charge on any atom is 0.0242 e. The molecule has 0 saturated heterocycles. The fourth-order valence-corrected chi connectivity index (χ4v) is 2.80. The quantitative estimate of drug-likeness (QED) is 0.819. The maximum absolute atomic E-state index is 3.50. The van der Waals surface area contributed by atoms with E-state index in [0.717, 1.165) is 17.6 Å². The molecule has 0 N–H and O–H groups in total. The lowest BCUT2D eigenvalue weighted by atomic mass is 10.2. The molecular formula is C13H14BrNS. The lowest BCUT2D eigenvalue weighted by Crippen LogP contribution is -2.16. The SMILES string of the molecule is CN(Cc1ccsc1)Cc1cccc(Br)c1. The summed E-state index contributed by atoms with van der Waals surface area (Å²) in [5.74, 6) is 0. The minimum absolute atomic E-state index is 0.981. The first-order valence-corrected chi connectivity index (χ1v) is 6.92. The largest absolute Gasteiger partial charge is 0.298 e. The Morgan fingerprint density at radius 1 is 1.19 bits per heavy atom. The van der Waals surface area contributed by atoms with E-state index in [0.29, 0.717) is 0 Å². The van der Waals surface area contributed by atoms with Gasteiger partial charge in [-0.1, -0.05) is 28.1 Å². The molecule has 3 heteroatoms. The molecule has 1 aromatic heterocycles. The van der Waals surface area contributed by atoms with Gasteiger partial charge in [-0.3, -0.25) is 4.90 Å². The van der Waals surface area contributed by atoms with Crippen LogP contribution in [0.2, 0.25) is 0 Å². The van der Waals surface area contributed by atoms with Crippen LogP contribution in [-0.4, -0.2) is 11.9 Å². The number of thiophene rings is 1. The molecule has 0 bridgehead atoms. The molecule has 0 aliphatic carbocycles. The topological polar surface area (TPSA) is 3.24 Å². The highest BCUT2D eigenvalue weighted by molar-refractivity contribution is 9.10. The summed E-state index contributed by atoms with van der Waals surface area (Å²) in [5, 5.41) is 4.33. The first kappa shape index (κ1) is 11.8. The van der Waals surface area contributed by atoms with Crippen LogP contribution in [-0.2, 0) is 13.1 Å². The van der Waals surface area contributed by atoms with E-state index in [1.807, 2.05) is 0 Å². The summed E-state index contributed by atoms with van der Waals surface area (Å²) >= 11 is 5.25. The number of benzene rings is 1. The van der Waals surface area contributed by atoms with Gasteiger partial charge in [-0.25, -0.2) is 0 Å². The zero-order valence-electron chi connectivity index (χ0n) is 9.19. The second-order valence-corrected chi connectivity index (χ2v) is 5.63. The predicted octanol–water partition coefficient (Wildman–Crippen LogP) is 4.14. The summed E-state index contributed by atoms with van der Waals surface area (Å²) in [4.78, 5) is 2.32. The van der Waals surface area contributed by atoms with Crippen molar-refractivity contribution < 1.29 is 0 Å². The third kappa shape index (κ3) is 3.44. The minimum Gasteiger partial charge on any atom is -0.298 e. The molecule has 0 aliphatic heterocycles. The molecule has 2 aromatic rings. The highest BCUT2D eigenvalue weighted by atomic mass is 79.9. The van der Waals surface area contributed by atoms with E-state index < -0.39 is 0 Å². The Morgan fingerprint density at radius 3 is 2.69 bits per heavy atom. The van der Waals surface area contributed by atoms with Gasteiger partial charge in [-0.15, -0.1) is 0 Å². The number of hydrogen-bond acceptors (Lipinski definition) is 2. The van der Waals surface area contributed by atoms with Gasteiger partial charge in [-0.05, 0) is 47.1 Å². The second kappa shape index (κ2) is 5.62. The van der Waals surface area contributed by atoms with Gasteiger partial charge in [0.15, 0.2) is 0 Å². The third-order valence-electron chi connectivity index (χ3n) is 2.37. The zero-order chi connectivity index (χ0) is 11.4. The van der Waals surface area contributed by atoms with E-state index in [2.05, 4.69) is 69.0 Å². The molecule has 1 aromatic carbocycles. The van der Waals surface area contributed by atoms with Crippen LogP contribution in [0.4, 0.5) is 0 Å². The smallest absolute Gasteiger partial charge is 0.0242 e. The van der Waals surface area contributed by atoms with Gasteiger partial charge in [0.25, 0.3) is 0 Å². The normalized spacial score (nSPS) is 10.9. The summed E-state index contributed by atoms with van der Waals surface area (Å²) in [7, 11) is 2.15. The molecule has 1 heterocycles. The Kier molecular flexibility index (Phi) is 4.16. The van der Waals surface area contributed by atoms with Crippen molar-refractivity contribution in [1.82, 2.24) is 4.90 Å². The Hall–Kier alpha value is -0.640. The van der Waals surface area contributed by atoms with Gasteiger partial charge in [-0.2, -0.15) is 11.3 Å². The van der Waals surface area contributed by atoms with Crippen molar-refractivity contribution in [3.8, 4) is 0 Å². The van der Waals surface area contributed by atoms with Crippen LogP contribution in [0.25, 0.3) is 0 Å². The molecule has 16 heavy (non-hydrogen) atoms. The summed E-state index contributed by atoms with van der Waals surface area (Å²) in [6.07, 6.45) is 0. The molecule has 0 radical (unpaired) electrons. The molecule has 0 fully saturated rings. The molecule has 0 amide bonds. The van der Waals surface area contributed by atoms with E-state index in [1.165, 1.54) is 11.1 Å². The Labute approximate surface area is 109 Å². The molecule has 0 unspecified atom stereocenters. The number of rotatable bonds is 4. The van der Waals surface area contributed by atoms with Gasteiger partial charge in [0.05, 0.1) is 0 Å². The van der Waals surface area contributed by atoms with E-state index >= 15 is 0 Å². The van der Waals surface area contributed by atoms with Gasteiger partial charge in [0.2, 0.25) is 0 Å². The second-order valence-electron chi connectivity index (χ2n) is 3.93. The van der Waals surface area contributed by atoms with E-state index in [9.17, 15) is 0 Å². The molecule has 2 rings (SSSR count). The van der Waals surface area contributed by atoms with Crippen LogP contribution >= 0.6 is 27.3 Å². The lowest BCUT2D eigenvalue weighted by molar-refractivity contribution is 0.319. The van der Waals surface area contributed by atoms with Crippen LogP contribution < -0.4 is 0 Å². The average Bonchev–Trinajstić information content (AvgIpc) is 2.70. The zero-order valence-corrected chi connectivity index (χ0v) is 11.6. The van der Waals surface area contributed by atoms with Gasteiger partial charge < -0.3 is 0 Å².